The van der Waals surface area contributed by atoms with Crippen molar-refractivity contribution in [2.24, 2.45) is 0 Å². The van der Waals surface area contributed by atoms with Crippen LogP contribution in [0.5, 0.6) is 5.75 Å². The normalized spacial score (nSPS) is 10.2. The molecule has 1 aromatic heterocycles. The van der Waals surface area contributed by atoms with Crippen molar-refractivity contribution in [1.29, 1.82) is 0 Å². The van der Waals surface area contributed by atoms with Crippen molar-refractivity contribution in [3.63, 3.8) is 0 Å². The molecular weight excluding hydrogens is 242 g/mol. The number of hydrogen-bond acceptors (Lipinski definition) is 4. The molecule has 0 aliphatic rings. The highest BCUT2D eigenvalue weighted by atomic mass is 16.5. The van der Waals surface area contributed by atoms with Crippen molar-refractivity contribution in [3.8, 4) is 5.75 Å². The van der Waals surface area contributed by atoms with Crippen molar-refractivity contribution >= 4 is 11.6 Å². The number of ether oxygens (including phenoxy) is 1. The molecule has 2 rings (SSSR count). The number of aromatic nitrogens is 2. The molecule has 0 bridgehead atoms. The summed E-state index contributed by atoms with van der Waals surface area (Å²) in [6.45, 7) is 4.46. The van der Waals surface area contributed by atoms with E-state index in [4.69, 9.17) is 4.74 Å². The Balaban J connectivity index is 2.30. The molecule has 0 atom stereocenters. The zero-order chi connectivity index (χ0) is 13.7. The second kappa shape index (κ2) is 6.04. The zero-order valence-corrected chi connectivity index (χ0v) is 11.1. The number of nitrogens with one attached hydrogen (secondary N) is 2. The van der Waals surface area contributed by atoms with Crippen LogP contribution in [0, 0.1) is 0 Å². The third kappa shape index (κ3) is 3.34. The molecule has 0 saturated carbocycles. The molecule has 5 nitrogen and oxygen atoms in total. The number of hydrogen-bond donors (Lipinski definition) is 2. The van der Waals surface area contributed by atoms with E-state index in [2.05, 4.69) is 15.3 Å². The molecule has 0 spiro atoms. The highest BCUT2D eigenvalue weighted by Gasteiger charge is 2.05. The van der Waals surface area contributed by atoms with Crippen LogP contribution in [0.2, 0.25) is 0 Å². The summed E-state index contributed by atoms with van der Waals surface area (Å²) in [7, 11) is 0. The van der Waals surface area contributed by atoms with Gasteiger partial charge < -0.3 is 10.1 Å². The van der Waals surface area contributed by atoms with Crippen LogP contribution in [0.15, 0.2) is 35.1 Å². The predicted octanol–water partition coefficient (Wildman–Crippen LogP) is 2.47. The SMILES string of the molecule is CCOc1ccccc1Nc1nc(CC)cc(=O)[nH]1. The van der Waals surface area contributed by atoms with Gasteiger partial charge in [-0.15, -0.1) is 0 Å². The molecule has 2 aromatic rings. The smallest absolute Gasteiger partial charge is 0.252 e. The summed E-state index contributed by atoms with van der Waals surface area (Å²) in [6, 6.07) is 9.04. The maximum Gasteiger partial charge on any atom is 0.252 e. The number of H-pyrrole nitrogens is 1. The Morgan fingerprint density at radius 1 is 1.32 bits per heavy atom. The third-order valence-corrected chi connectivity index (χ3v) is 2.60. The molecule has 0 aliphatic heterocycles. The van der Waals surface area contributed by atoms with Crippen LogP contribution in [0.1, 0.15) is 19.5 Å². The standard InChI is InChI=1S/C14H17N3O2/c1-3-10-9-13(18)17-14(15-10)16-11-7-5-6-8-12(11)19-4-2/h5-9H,3-4H2,1-2H3,(H2,15,16,17,18). The van der Waals surface area contributed by atoms with E-state index in [0.717, 1.165) is 17.1 Å². The molecule has 1 aromatic carbocycles. The minimum absolute atomic E-state index is 0.164. The summed E-state index contributed by atoms with van der Waals surface area (Å²) < 4.78 is 5.51. The number of rotatable bonds is 5. The molecule has 0 radical (unpaired) electrons. The minimum atomic E-state index is -0.164. The average Bonchev–Trinajstić information content (AvgIpc) is 2.40. The largest absolute Gasteiger partial charge is 0.492 e. The second-order valence-electron chi connectivity index (χ2n) is 3.99. The Kier molecular flexibility index (Phi) is 4.18. The second-order valence-corrected chi connectivity index (χ2v) is 3.99. The molecule has 0 saturated heterocycles. The first kappa shape index (κ1) is 13.1. The molecule has 0 aliphatic carbocycles. The van der Waals surface area contributed by atoms with Crippen molar-refractivity contribution in [1.82, 2.24) is 9.97 Å². The van der Waals surface area contributed by atoms with Gasteiger partial charge >= 0.3 is 0 Å². The topological polar surface area (TPSA) is 67.0 Å². The van der Waals surface area contributed by atoms with E-state index in [0.29, 0.717) is 19.0 Å². The van der Waals surface area contributed by atoms with Crippen molar-refractivity contribution < 1.29 is 4.74 Å². The monoisotopic (exact) mass is 259 g/mol. The number of nitrogens with zero attached hydrogens (tertiary/aromatic N) is 1. The Morgan fingerprint density at radius 2 is 2.11 bits per heavy atom. The molecule has 0 unspecified atom stereocenters. The van der Waals surface area contributed by atoms with Gasteiger partial charge in [0.25, 0.3) is 5.56 Å². The lowest BCUT2D eigenvalue weighted by atomic mass is 10.3. The van der Waals surface area contributed by atoms with E-state index in [1.165, 1.54) is 6.07 Å². The molecule has 0 fully saturated rings. The fraction of sp³-hybridized carbons (Fsp3) is 0.286. The quantitative estimate of drug-likeness (QED) is 0.865. The Hall–Kier alpha value is -2.30. The molecule has 2 N–H and O–H groups in total. The summed E-state index contributed by atoms with van der Waals surface area (Å²) >= 11 is 0. The van der Waals surface area contributed by atoms with Gasteiger partial charge in [0.05, 0.1) is 12.3 Å². The first-order chi connectivity index (χ1) is 9.22. The van der Waals surface area contributed by atoms with Crippen LogP contribution >= 0.6 is 0 Å². The van der Waals surface area contributed by atoms with Gasteiger partial charge in [-0.2, -0.15) is 0 Å². The van der Waals surface area contributed by atoms with E-state index in [1.807, 2.05) is 38.1 Å². The highest BCUT2D eigenvalue weighted by Crippen LogP contribution is 2.25. The van der Waals surface area contributed by atoms with Crippen LogP contribution in [-0.2, 0) is 6.42 Å². The van der Waals surface area contributed by atoms with E-state index in [-0.39, 0.29) is 5.56 Å². The number of aromatic amines is 1. The van der Waals surface area contributed by atoms with Crippen LogP contribution < -0.4 is 15.6 Å². The van der Waals surface area contributed by atoms with E-state index >= 15 is 0 Å². The van der Waals surface area contributed by atoms with Crippen molar-refractivity contribution in [2.45, 2.75) is 20.3 Å². The van der Waals surface area contributed by atoms with Crippen molar-refractivity contribution in [2.75, 3.05) is 11.9 Å². The van der Waals surface area contributed by atoms with Crippen molar-refractivity contribution in [3.05, 3.63) is 46.4 Å². The fourth-order valence-electron chi connectivity index (χ4n) is 1.73. The Labute approximate surface area is 111 Å². The van der Waals surface area contributed by atoms with E-state index < -0.39 is 0 Å². The minimum Gasteiger partial charge on any atom is -0.492 e. The maximum atomic E-state index is 11.5. The molecular formula is C14H17N3O2. The van der Waals surface area contributed by atoms with Gasteiger partial charge in [-0.1, -0.05) is 19.1 Å². The molecule has 1 heterocycles. The Bertz CT molecular complexity index is 608. The summed E-state index contributed by atoms with van der Waals surface area (Å²) in [4.78, 5) is 18.5. The first-order valence-corrected chi connectivity index (χ1v) is 6.32. The lowest BCUT2D eigenvalue weighted by molar-refractivity contribution is 0.342. The summed E-state index contributed by atoms with van der Waals surface area (Å²) in [6.07, 6.45) is 0.714. The van der Waals surface area contributed by atoms with Crippen LogP contribution in [-0.4, -0.2) is 16.6 Å². The maximum absolute atomic E-state index is 11.5. The lowest BCUT2D eigenvalue weighted by Crippen LogP contribution is -2.12. The van der Waals surface area contributed by atoms with E-state index in [1.54, 1.807) is 0 Å². The van der Waals surface area contributed by atoms with Crippen LogP contribution in [0.4, 0.5) is 11.6 Å². The number of aryl methyl sites for hydroxylation is 1. The van der Waals surface area contributed by atoms with E-state index in [9.17, 15) is 4.79 Å². The highest BCUT2D eigenvalue weighted by molar-refractivity contribution is 5.62. The number of anilines is 2. The molecule has 100 valence electrons. The summed E-state index contributed by atoms with van der Waals surface area (Å²) in [5, 5.41) is 3.08. The molecule has 0 amide bonds. The molecule has 5 heteroatoms. The van der Waals surface area contributed by atoms with Gasteiger partial charge in [-0.3, -0.25) is 9.78 Å². The first-order valence-electron chi connectivity index (χ1n) is 6.32. The summed E-state index contributed by atoms with van der Waals surface area (Å²) in [5.74, 6) is 1.16. The summed E-state index contributed by atoms with van der Waals surface area (Å²) in [5.41, 5.74) is 1.36. The fourth-order valence-corrected chi connectivity index (χ4v) is 1.73. The zero-order valence-electron chi connectivity index (χ0n) is 11.1. The van der Waals surface area contributed by atoms with Gasteiger partial charge in [0, 0.05) is 11.8 Å². The van der Waals surface area contributed by atoms with Gasteiger partial charge in [0.1, 0.15) is 5.75 Å². The lowest BCUT2D eigenvalue weighted by Gasteiger charge is -2.11. The van der Waals surface area contributed by atoms with Gasteiger partial charge in [-0.05, 0) is 25.5 Å². The van der Waals surface area contributed by atoms with Gasteiger partial charge in [0.15, 0.2) is 0 Å². The number of para-hydroxylation sites is 2. The van der Waals surface area contributed by atoms with Crippen LogP contribution in [0.25, 0.3) is 0 Å². The average molecular weight is 259 g/mol. The number of benzene rings is 1. The Morgan fingerprint density at radius 3 is 2.84 bits per heavy atom. The predicted molar refractivity (Wildman–Crippen MR) is 75.1 cm³/mol. The van der Waals surface area contributed by atoms with Crippen LogP contribution in [0.3, 0.4) is 0 Å². The third-order valence-electron chi connectivity index (χ3n) is 2.60. The van der Waals surface area contributed by atoms with Gasteiger partial charge in [-0.25, -0.2) is 4.98 Å². The molecule has 19 heavy (non-hydrogen) atoms. The van der Waals surface area contributed by atoms with Gasteiger partial charge in [0.2, 0.25) is 5.95 Å².